The molecule has 1 N–H and O–H groups in total. The van der Waals surface area contributed by atoms with E-state index in [2.05, 4.69) is 15.5 Å². The summed E-state index contributed by atoms with van der Waals surface area (Å²) < 4.78 is 4.91. The summed E-state index contributed by atoms with van der Waals surface area (Å²) in [6, 6.07) is 3.19. The van der Waals surface area contributed by atoms with E-state index < -0.39 is 0 Å². The molecule has 1 aliphatic heterocycles. The van der Waals surface area contributed by atoms with Crippen molar-refractivity contribution in [1.29, 1.82) is 0 Å². The molecule has 1 fully saturated rings. The molecular formula is C17H20N4O3. The zero-order valence-corrected chi connectivity index (χ0v) is 13.6. The third kappa shape index (κ3) is 3.79. The number of nitrogens with zero attached hydrogens (tertiary/aromatic N) is 3. The van der Waals surface area contributed by atoms with Crippen LogP contribution in [0.4, 0.5) is 5.82 Å². The van der Waals surface area contributed by atoms with Crippen LogP contribution in [0.25, 0.3) is 0 Å². The van der Waals surface area contributed by atoms with Gasteiger partial charge in [0.2, 0.25) is 0 Å². The molecule has 1 aliphatic rings. The van der Waals surface area contributed by atoms with Crippen LogP contribution in [-0.2, 0) is 0 Å². The van der Waals surface area contributed by atoms with Gasteiger partial charge in [-0.05, 0) is 25.8 Å². The number of carbonyl (C=O) groups is 2. The van der Waals surface area contributed by atoms with Crippen molar-refractivity contribution in [2.24, 2.45) is 0 Å². The second kappa shape index (κ2) is 7.25. The summed E-state index contributed by atoms with van der Waals surface area (Å²) in [4.78, 5) is 30.8. The lowest BCUT2D eigenvalue weighted by Crippen LogP contribution is -2.32. The molecule has 0 radical (unpaired) electrons. The zero-order valence-electron chi connectivity index (χ0n) is 13.6. The Labute approximate surface area is 140 Å². The number of carbonyl (C=O) groups excluding carboxylic acids is 2. The Hall–Kier alpha value is -2.70. The predicted octanol–water partition coefficient (Wildman–Crippen LogP) is 2.65. The summed E-state index contributed by atoms with van der Waals surface area (Å²) in [6.45, 7) is 3.26. The normalized spacial score (nSPS) is 15.0. The van der Waals surface area contributed by atoms with Crippen molar-refractivity contribution in [2.45, 2.75) is 32.6 Å². The molecule has 0 aliphatic carbocycles. The Morgan fingerprint density at radius 1 is 1.08 bits per heavy atom. The minimum Gasteiger partial charge on any atom is -0.360 e. The van der Waals surface area contributed by atoms with E-state index in [9.17, 15) is 9.59 Å². The molecule has 7 heteroatoms. The fourth-order valence-electron chi connectivity index (χ4n) is 2.75. The molecule has 0 bridgehead atoms. The molecule has 0 spiro atoms. The molecule has 0 unspecified atom stereocenters. The van der Waals surface area contributed by atoms with Crippen LogP contribution in [0.2, 0.25) is 0 Å². The summed E-state index contributed by atoms with van der Waals surface area (Å²) in [5.41, 5.74) is 0.747. The summed E-state index contributed by atoms with van der Waals surface area (Å²) in [6.07, 6.45) is 7.28. The zero-order chi connectivity index (χ0) is 16.9. The average Bonchev–Trinajstić information content (AvgIpc) is 2.84. The van der Waals surface area contributed by atoms with Crippen molar-refractivity contribution in [3.63, 3.8) is 0 Å². The molecule has 2 amide bonds. The number of anilines is 1. The highest BCUT2D eigenvalue weighted by molar-refractivity contribution is 6.05. The topological polar surface area (TPSA) is 88.3 Å². The lowest BCUT2D eigenvalue weighted by atomic mass is 10.1. The Morgan fingerprint density at radius 3 is 2.46 bits per heavy atom. The summed E-state index contributed by atoms with van der Waals surface area (Å²) in [5.74, 6) is 0.493. The number of aryl methyl sites for hydroxylation is 1. The van der Waals surface area contributed by atoms with E-state index in [0.717, 1.165) is 38.8 Å². The van der Waals surface area contributed by atoms with Gasteiger partial charge >= 0.3 is 0 Å². The molecule has 1 saturated heterocycles. The molecule has 7 nitrogen and oxygen atoms in total. The summed E-state index contributed by atoms with van der Waals surface area (Å²) in [7, 11) is 0. The van der Waals surface area contributed by atoms with Gasteiger partial charge in [-0.3, -0.25) is 14.6 Å². The molecule has 2 aromatic rings. The van der Waals surface area contributed by atoms with Crippen molar-refractivity contribution in [2.75, 3.05) is 18.4 Å². The van der Waals surface area contributed by atoms with Gasteiger partial charge in [0.05, 0.1) is 11.1 Å². The summed E-state index contributed by atoms with van der Waals surface area (Å²) >= 11 is 0. The predicted molar refractivity (Wildman–Crippen MR) is 87.8 cm³/mol. The minimum atomic E-state index is -0.374. The Balaban J connectivity index is 1.73. The number of aromatic nitrogens is 2. The number of hydrogen-bond acceptors (Lipinski definition) is 5. The van der Waals surface area contributed by atoms with Gasteiger partial charge in [0, 0.05) is 31.5 Å². The highest BCUT2D eigenvalue weighted by atomic mass is 16.5. The highest BCUT2D eigenvalue weighted by Crippen LogP contribution is 2.15. The van der Waals surface area contributed by atoms with Crippen LogP contribution in [0.3, 0.4) is 0 Å². The van der Waals surface area contributed by atoms with E-state index in [0.29, 0.717) is 22.7 Å². The van der Waals surface area contributed by atoms with Crippen molar-refractivity contribution in [3.8, 4) is 0 Å². The number of amides is 2. The Kier molecular flexibility index (Phi) is 4.88. The van der Waals surface area contributed by atoms with Gasteiger partial charge in [-0.2, -0.15) is 0 Å². The van der Waals surface area contributed by atoms with Gasteiger partial charge in [0.15, 0.2) is 5.82 Å². The average molecular weight is 328 g/mol. The van der Waals surface area contributed by atoms with E-state index >= 15 is 0 Å². The lowest BCUT2D eigenvalue weighted by Gasteiger charge is -2.20. The van der Waals surface area contributed by atoms with E-state index in [1.165, 1.54) is 12.4 Å². The molecule has 0 aromatic carbocycles. The fourth-order valence-corrected chi connectivity index (χ4v) is 2.75. The van der Waals surface area contributed by atoms with Crippen LogP contribution in [0.1, 0.15) is 52.2 Å². The lowest BCUT2D eigenvalue weighted by molar-refractivity contribution is 0.0761. The third-order valence-corrected chi connectivity index (χ3v) is 4.01. The molecule has 2 aromatic heterocycles. The van der Waals surface area contributed by atoms with E-state index in [4.69, 9.17) is 4.52 Å². The molecule has 126 valence electrons. The Morgan fingerprint density at radius 2 is 1.79 bits per heavy atom. The van der Waals surface area contributed by atoms with Gasteiger partial charge in [-0.1, -0.05) is 18.0 Å². The quantitative estimate of drug-likeness (QED) is 0.935. The third-order valence-electron chi connectivity index (χ3n) is 4.01. The first-order chi connectivity index (χ1) is 11.6. The van der Waals surface area contributed by atoms with Crippen molar-refractivity contribution in [1.82, 2.24) is 15.0 Å². The van der Waals surface area contributed by atoms with Gasteiger partial charge < -0.3 is 14.7 Å². The van der Waals surface area contributed by atoms with Gasteiger partial charge in [0.25, 0.3) is 11.8 Å². The van der Waals surface area contributed by atoms with Crippen LogP contribution >= 0.6 is 0 Å². The first-order valence-corrected chi connectivity index (χ1v) is 8.12. The van der Waals surface area contributed by atoms with Crippen LogP contribution in [0.5, 0.6) is 0 Å². The molecule has 24 heavy (non-hydrogen) atoms. The first kappa shape index (κ1) is 16.2. The minimum absolute atomic E-state index is 0.0728. The number of pyridine rings is 1. The largest absolute Gasteiger partial charge is 0.360 e. The van der Waals surface area contributed by atoms with Crippen LogP contribution in [0, 0.1) is 6.92 Å². The maximum Gasteiger partial charge on any atom is 0.258 e. The molecule has 3 rings (SSSR count). The fraction of sp³-hybridized carbons (Fsp3) is 0.412. The van der Waals surface area contributed by atoms with Crippen LogP contribution < -0.4 is 5.32 Å². The summed E-state index contributed by atoms with van der Waals surface area (Å²) in [5, 5.41) is 6.35. The number of rotatable bonds is 3. The molecule has 0 atom stereocenters. The molecular weight excluding hydrogens is 308 g/mol. The van der Waals surface area contributed by atoms with Gasteiger partial charge in [0.1, 0.15) is 5.76 Å². The van der Waals surface area contributed by atoms with Crippen LogP contribution in [-0.4, -0.2) is 39.9 Å². The standard InChI is InChI=1S/C17H20N4O3/c1-12-8-15(20-24-12)19-16(22)13-9-14(11-18-10-13)17(23)21-6-4-2-3-5-7-21/h8-11H,2-7H2,1H3,(H,19,20,22). The SMILES string of the molecule is Cc1cc(NC(=O)c2cncc(C(=O)N3CCCCCC3)c2)no1. The van der Waals surface area contributed by atoms with Gasteiger partial charge in [-0.15, -0.1) is 0 Å². The second-order valence-electron chi connectivity index (χ2n) is 5.95. The maximum absolute atomic E-state index is 12.6. The molecule has 0 saturated carbocycles. The Bertz CT molecular complexity index is 733. The van der Waals surface area contributed by atoms with Gasteiger partial charge in [-0.25, -0.2) is 0 Å². The van der Waals surface area contributed by atoms with E-state index in [1.807, 2.05) is 4.90 Å². The van der Waals surface area contributed by atoms with Crippen LogP contribution in [0.15, 0.2) is 29.0 Å². The van der Waals surface area contributed by atoms with Crippen molar-refractivity contribution < 1.29 is 14.1 Å². The monoisotopic (exact) mass is 328 g/mol. The maximum atomic E-state index is 12.6. The number of nitrogens with one attached hydrogen (secondary N) is 1. The highest BCUT2D eigenvalue weighted by Gasteiger charge is 2.19. The number of hydrogen-bond donors (Lipinski definition) is 1. The number of likely N-dealkylation sites (tertiary alicyclic amines) is 1. The van der Waals surface area contributed by atoms with Crippen molar-refractivity contribution >= 4 is 17.6 Å². The smallest absolute Gasteiger partial charge is 0.258 e. The van der Waals surface area contributed by atoms with E-state index in [1.54, 1.807) is 19.1 Å². The first-order valence-electron chi connectivity index (χ1n) is 8.12. The van der Waals surface area contributed by atoms with E-state index in [-0.39, 0.29) is 11.8 Å². The van der Waals surface area contributed by atoms with Crippen molar-refractivity contribution in [3.05, 3.63) is 41.4 Å². The molecule has 3 heterocycles. The second-order valence-corrected chi connectivity index (χ2v) is 5.95.